The van der Waals surface area contributed by atoms with Crippen LogP contribution in [0.4, 0.5) is 5.69 Å². The van der Waals surface area contributed by atoms with Crippen molar-refractivity contribution in [3.63, 3.8) is 0 Å². The number of nitrogens with zero attached hydrogens (tertiary/aromatic N) is 3. The van der Waals surface area contributed by atoms with Gasteiger partial charge in [-0.15, -0.1) is 0 Å². The van der Waals surface area contributed by atoms with Crippen molar-refractivity contribution in [2.45, 2.75) is 56.6 Å². The summed E-state index contributed by atoms with van der Waals surface area (Å²) < 4.78 is 7.14. The van der Waals surface area contributed by atoms with Crippen molar-refractivity contribution in [2.75, 3.05) is 11.9 Å². The van der Waals surface area contributed by atoms with E-state index in [-0.39, 0.29) is 24.0 Å². The molecule has 10 nitrogen and oxygen atoms in total. The molecule has 2 aliphatic rings. The van der Waals surface area contributed by atoms with Gasteiger partial charge in [-0.2, -0.15) is 5.10 Å². The second-order valence-corrected chi connectivity index (χ2v) is 12.8. The van der Waals surface area contributed by atoms with Gasteiger partial charge in [-0.05, 0) is 54.5 Å². The molecule has 1 aliphatic heterocycles. The van der Waals surface area contributed by atoms with E-state index in [4.69, 9.17) is 4.74 Å². The van der Waals surface area contributed by atoms with Gasteiger partial charge in [0.15, 0.2) is 0 Å². The van der Waals surface area contributed by atoms with Crippen LogP contribution >= 0.6 is 0 Å². The van der Waals surface area contributed by atoms with E-state index in [0.717, 1.165) is 41.3 Å². The fourth-order valence-electron chi connectivity index (χ4n) is 7.28. The van der Waals surface area contributed by atoms with E-state index in [1.807, 2.05) is 72.8 Å². The Hall–Kier alpha value is -5.51. The molecule has 2 fully saturated rings. The monoisotopic (exact) mass is 643 g/mol. The Morgan fingerprint density at radius 2 is 1.73 bits per heavy atom. The highest BCUT2D eigenvalue weighted by molar-refractivity contribution is 6.04. The molecule has 244 valence electrons. The van der Waals surface area contributed by atoms with Gasteiger partial charge in [0.2, 0.25) is 17.2 Å². The van der Waals surface area contributed by atoms with E-state index in [1.165, 1.54) is 6.20 Å². The number of amides is 2. The molecule has 10 heteroatoms. The number of likely N-dealkylation sites (tertiary alicyclic amines) is 1. The van der Waals surface area contributed by atoms with Crippen LogP contribution in [0.2, 0.25) is 0 Å². The lowest BCUT2D eigenvalue weighted by molar-refractivity contribution is -0.141. The van der Waals surface area contributed by atoms with Gasteiger partial charge in [-0.25, -0.2) is 4.79 Å². The first-order valence-electron chi connectivity index (χ1n) is 16.4. The van der Waals surface area contributed by atoms with Crippen LogP contribution in [0.3, 0.4) is 0 Å². The van der Waals surface area contributed by atoms with Crippen LogP contribution in [-0.2, 0) is 33.4 Å². The minimum Gasteiger partial charge on any atom is -0.457 e. The van der Waals surface area contributed by atoms with Crippen LogP contribution in [0.5, 0.6) is 0 Å². The highest BCUT2D eigenvalue weighted by Crippen LogP contribution is 2.44. The van der Waals surface area contributed by atoms with Gasteiger partial charge in [0.05, 0.1) is 22.8 Å². The van der Waals surface area contributed by atoms with Crippen LogP contribution < -0.4 is 10.7 Å². The Morgan fingerprint density at radius 3 is 2.50 bits per heavy atom. The lowest BCUT2D eigenvalue weighted by Crippen LogP contribution is -2.51. The lowest BCUT2D eigenvalue weighted by atomic mass is 9.77. The minimum atomic E-state index is -0.750. The number of carbonyl (C=O) groups is 3. The number of carbonyl (C=O) groups excluding carboxylic acids is 3. The fraction of sp³-hybridized carbons (Fsp3) is 0.289. The van der Waals surface area contributed by atoms with Gasteiger partial charge < -0.3 is 19.5 Å². The van der Waals surface area contributed by atoms with E-state index in [9.17, 15) is 19.2 Å². The van der Waals surface area contributed by atoms with E-state index < -0.39 is 22.9 Å². The van der Waals surface area contributed by atoms with Gasteiger partial charge >= 0.3 is 5.97 Å². The molecular formula is C38H37N5O5. The molecule has 0 spiro atoms. The summed E-state index contributed by atoms with van der Waals surface area (Å²) in [5.74, 6) is -0.902. The molecule has 2 amide bonds. The number of fused-ring (bicyclic) bond motifs is 1. The Bertz CT molecular complexity index is 2040. The maximum Gasteiger partial charge on any atom is 0.343 e. The standard InChI is InChI=1S/C38H37N5O5/c1-42-22-29(34(44)30(23-42)36(46)48-24-25-9-3-2-4-10-25)26-14-16-27(17-15-26)38(18-5-6-19-38)37(47)43-20-8-13-33(43)35(45)40-31-11-7-12-32-28(31)21-39-41-32/h2-4,7,9-12,14-17,21-23,33H,5-6,8,13,18-20,24H2,1H3,(H,39,41)(H,40,45)/t33-/m1/s1. The third-order valence-electron chi connectivity index (χ3n) is 9.76. The van der Waals surface area contributed by atoms with Crippen molar-refractivity contribution in [2.24, 2.45) is 7.05 Å². The molecule has 1 saturated carbocycles. The van der Waals surface area contributed by atoms with Crippen LogP contribution in [0.1, 0.15) is 60.0 Å². The van der Waals surface area contributed by atoms with Crippen LogP contribution in [0.15, 0.2) is 96.2 Å². The lowest BCUT2D eigenvalue weighted by Gasteiger charge is -2.35. The first-order valence-corrected chi connectivity index (χ1v) is 16.4. The molecular weight excluding hydrogens is 606 g/mol. The Labute approximate surface area is 277 Å². The molecule has 5 aromatic rings. The first-order chi connectivity index (χ1) is 23.3. The summed E-state index contributed by atoms with van der Waals surface area (Å²) in [4.78, 5) is 56.3. The van der Waals surface area contributed by atoms with Crippen LogP contribution in [-0.4, -0.2) is 50.0 Å². The van der Waals surface area contributed by atoms with Gasteiger partial charge in [0, 0.05) is 36.9 Å². The Morgan fingerprint density at radius 1 is 0.958 bits per heavy atom. The zero-order valence-corrected chi connectivity index (χ0v) is 26.8. The average Bonchev–Trinajstić information content (AvgIpc) is 3.90. The van der Waals surface area contributed by atoms with Crippen molar-refractivity contribution in [3.05, 3.63) is 118 Å². The first kappa shape index (κ1) is 31.1. The molecule has 2 aromatic heterocycles. The number of aromatic nitrogens is 3. The molecule has 1 saturated heterocycles. The number of hydrogen-bond donors (Lipinski definition) is 2. The molecule has 1 aliphatic carbocycles. The molecule has 48 heavy (non-hydrogen) atoms. The molecule has 2 N–H and O–H groups in total. The van der Waals surface area contributed by atoms with Crippen molar-refractivity contribution in [3.8, 4) is 11.1 Å². The van der Waals surface area contributed by atoms with E-state index >= 15 is 0 Å². The van der Waals surface area contributed by atoms with Gasteiger partial charge in [-0.1, -0.05) is 73.5 Å². The van der Waals surface area contributed by atoms with Gasteiger partial charge in [0.25, 0.3) is 0 Å². The second kappa shape index (κ2) is 12.9. The molecule has 0 bridgehead atoms. The quantitative estimate of drug-likeness (QED) is 0.208. The molecule has 3 heterocycles. The maximum atomic E-state index is 14.5. The van der Waals surface area contributed by atoms with Crippen molar-refractivity contribution >= 4 is 34.4 Å². The van der Waals surface area contributed by atoms with Crippen molar-refractivity contribution in [1.29, 1.82) is 0 Å². The smallest absolute Gasteiger partial charge is 0.343 e. The van der Waals surface area contributed by atoms with Crippen LogP contribution in [0, 0.1) is 0 Å². The summed E-state index contributed by atoms with van der Waals surface area (Å²) in [6.07, 6.45) is 9.41. The summed E-state index contributed by atoms with van der Waals surface area (Å²) in [5.41, 5.74) is 3.00. The molecule has 1 atom stereocenters. The van der Waals surface area contributed by atoms with Crippen molar-refractivity contribution < 1.29 is 19.1 Å². The highest BCUT2D eigenvalue weighted by atomic mass is 16.5. The summed E-state index contributed by atoms with van der Waals surface area (Å²) in [7, 11) is 1.76. The number of benzene rings is 3. The van der Waals surface area contributed by atoms with E-state index in [1.54, 1.807) is 28.9 Å². The topological polar surface area (TPSA) is 126 Å². The summed E-state index contributed by atoms with van der Waals surface area (Å²) >= 11 is 0. The normalized spacial score (nSPS) is 17.0. The Balaban J connectivity index is 1.12. The zero-order chi connectivity index (χ0) is 33.3. The molecule has 0 radical (unpaired) electrons. The number of nitrogens with one attached hydrogen (secondary N) is 2. The zero-order valence-electron chi connectivity index (χ0n) is 26.8. The number of ether oxygens (including phenoxy) is 1. The minimum absolute atomic E-state index is 0.0222. The number of rotatable bonds is 8. The third-order valence-corrected chi connectivity index (χ3v) is 9.76. The van der Waals surface area contributed by atoms with E-state index in [2.05, 4.69) is 15.5 Å². The average molecular weight is 644 g/mol. The largest absolute Gasteiger partial charge is 0.457 e. The predicted octanol–water partition coefficient (Wildman–Crippen LogP) is 5.73. The SMILES string of the molecule is Cn1cc(C(=O)OCc2ccccc2)c(=O)c(-c2ccc(C3(C(=O)N4CCC[C@@H]4C(=O)Nc4cccc5[nH]ncc45)CCCC3)cc2)c1. The van der Waals surface area contributed by atoms with Crippen LogP contribution in [0.25, 0.3) is 22.0 Å². The number of hydrogen-bond acceptors (Lipinski definition) is 6. The highest BCUT2D eigenvalue weighted by Gasteiger charge is 2.48. The predicted molar refractivity (Wildman–Crippen MR) is 182 cm³/mol. The summed E-state index contributed by atoms with van der Waals surface area (Å²) in [5, 5.41) is 10.9. The summed E-state index contributed by atoms with van der Waals surface area (Å²) in [6, 6.07) is 21.9. The van der Waals surface area contributed by atoms with Gasteiger partial charge in [-0.3, -0.25) is 19.5 Å². The van der Waals surface area contributed by atoms with E-state index in [0.29, 0.717) is 42.6 Å². The van der Waals surface area contributed by atoms with Crippen molar-refractivity contribution in [1.82, 2.24) is 19.7 Å². The number of H-pyrrole nitrogens is 1. The molecule has 7 rings (SSSR count). The number of aromatic amines is 1. The number of aryl methyl sites for hydroxylation is 1. The third kappa shape index (κ3) is 5.78. The maximum absolute atomic E-state index is 14.5. The summed E-state index contributed by atoms with van der Waals surface area (Å²) in [6.45, 7) is 0.591. The number of pyridine rings is 1. The number of anilines is 1. The van der Waals surface area contributed by atoms with Gasteiger partial charge in [0.1, 0.15) is 18.2 Å². The second-order valence-electron chi connectivity index (χ2n) is 12.8. The molecule has 3 aromatic carbocycles. The Kier molecular flexibility index (Phi) is 8.39. The fourth-order valence-corrected chi connectivity index (χ4v) is 7.28. The molecule has 0 unspecified atom stereocenters. The number of esters is 1.